The molecule has 0 aliphatic heterocycles. The molecule has 0 fully saturated rings. The molecule has 4 aromatic carbocycles. The minimum atomic E-state index is -4.99. The first kappa shape index (κ1) is 30.5. The lowest BCUT2D eigenvalue weighted by atomic mass is 10.0. The van der Waals surface area contributed by atoms with E-state index in [1.807, 2.05) is 0 Å². The van der Waals surface area contributed by atoms with E-state index < -0.39 is 39.2 Å². The van der Waals surface area contributed by atoms with Gasteiger partial charge >= 0.3 is 6.18 Å². The quantitative estimate of drug-likeness (QED) is 0.212. The molecule has 0 aliphatic rings. The van der Waals surface area contributed by atoms with E-state index in [0.29, 0.717) is 22.9 Å². The summed E-state index contributed by atoms with van der Waals surface area (Å²) in [5, 5.41) is 15.1. The molecule has 0 bridgehead atoms. The van der Waals surface area contributed by atoms with E-state index in [2.05, 4.69) is 10.6 Å². The molecule has 0 heterocycles. The number of ether oxygens (including phenoxy) is 1. The average molecular weight is 605 g/mol. The van der Waals surface area contributed by atoms with Gasteiger partial charge < -0.3 is 20.5 Å². The van der Waals surface area contributed by atoms with Crippen LogP contribution in [-0.4, -0.2) is 44.8 Å². The van der Waals surface area contributed by atoms with E-state index in [4.69, 9.17) is 9.84 Å². The number of carbonyl (C=O) groups is 2. The number of aliphatic hydroxyl groups excluding tert-OH is 1. The maximum absolute atomic E-state index is 13.8. The van der Waals surface area contributed by atoms with Crippen LogP contribution in [0.5, 0.6) is 5.75 Å². The van der Waals surface area contributed by atoms with E-state index in [1.54, 1.807) is 24.3 Å². The molecule has 0 atom stereocenters. The molecule has 42 heavy (non-hydrogen) atoms. The van der Waals surface area contributed by atoms with Crippen LogP contribution in [0.2, 0.25) is 0 Å². The number of carbonyl (C=O) groups excluding carboxylic acids is 2. The van der Waals surface area contributed by atoms with Gasteiger partial charge in [-0.25, -0.2) is 12.8 Å². The molecule has 13 heteroatoms. The van der Waals surface area contributed by atoms with Gasteiger partial charge in [0.2, 0.25) is 0 Å². The van der Waals surface area contributed by atoms with Crippen molar-refractivity contribution in [3.05, 3.63) is 95.3 Å². The molecular weight excluding hydrogens is 580 g/mol. The summed E-state index contributed by atoms with van der Waals surface area (Å²) in [6.45, 7) is -0.342. The highest BCUT2D eigenvalue weighted by Gasteiger charge is 2.34. The van der Waals surface area contributed by atoms with Crippen LogP contribution in [0.25, 0.3) is 10.8 Å². The van der Waals surface area contributed by atoms with Crippen molar-refractivity contribution in [2.24, 2.45) is 0 Å². The van der Waals surface area contributed by atoms with Gasteiger partial charge in [-0.1, -0.05) is 24.3 Å². The highest BCUT2D eigenvalue weighted by Crippen LogP contribution is 2.34. The Morgan fingerprint density at radius 1 is 0.881 bits per heavy atom. The van der Waals surface area contributed by atoms with Crippen molar-refractivity contribution in [2.75, 3.05) is 30.1 Å². The number of benzene rings is 4. The Bertz CT molecular complexity index is 1770. The molecule has 0 aromatic heterocycles. The fourth-order valence-corrected chi connectivity index (χ4v) is 5.49. The molecule has 4 aromatic rings. The van der Waals surface area contributed by atoms with Gasteiger partial charge in [0, 0.05) is 12.3 Å². The molecule has 4 rings (SSSR count). The maximum atomic E-state index is 13.8. The van der Waals surface area contributed by atoms with Crippen molar-refractivity contribution >= 4 is 43.8 Å². The zero-order valence-electron chi connectivity index (χ0n) is 22.0. The third kappa shape index (κ3) is 6.69. The van der Waals surface area contributed by atoms with Gasteiger partial charge in [-0.15, -0.1) is 0 Å². The van der Waals surface area contributed by atoms with E-state index in [1.165, 1.54) is 31.4 Å². The lowest BCUT2D eigenvalue weighted by molar-refractivity contribution is -0.139. The molecule has 0 saturated carbocycles. The Morgan fingerprint density at radius 2 is 1.55 bits per heavy atom. The predicted molar refractivity (Wildman–Crippen MR) is 148 cm³/mol. The van der Waals surface area contributed by atoms with E-state index in [9.17, 15) is 35.6 Å². The largest absolute Gasteiger partial charge is 0.496 e. The Morgan fingerprint density at radius 3 is 2.19 bits per heavy atom. The van der Waals surface area contributed by atoms with Gasteiger partial charge in [0.15, 0.2) is 9.84 Å². The zero-order chi connectivity index (χ0) is 30.7. The summed E-state index contributed by atoms with van der Waals surface area (Å²) in [6.07, 6.45) is -5.00. The minimum Gasteiger partial charge on any atom is -0.496 e. The second-order valence-electron chi connectivity index (χ2n) is 9.10. The number of hydrogen-bond donors (Lipinski definition) is 3. The van der Waals surface area contributed by atoms with Crippen molar-refractivity contribution in [3.8, 4) is 5.75 Å². The van der Waals surface area contributed by atoms with Crippen LogP contribution in [0.4, 0.5) is 28.9 Å². The van der Waals surface area contributed by atoms with Crippen LogP contribution >= 0.6 is 0 Å². The Kier molecular flexibility index (Phi) is 8.83. The van der Waals surface area contributed by atoms with Gasteiger partial charge in [0.25, 0.3) is 11.8 Å². The SMILES string of the molecule is COc1ccc(S(=O)(=O)CCCO)cc1C(=O)Nc1cc2ccccc2cc1C(=O)Nc1ccc(F)c(C(F)(F)F)c1. The topological polar surface area (TPSA) is 122 Å². The van der Waals surface area contributed by atoms with Gasteiger partial charge in [-0.3, -0.25) is 9.59 Å². The number of nitrogens with one attached hydrogen (secondary N) is 2. The van der Waals surface area contributed by atoms with E-state index >= 15 is 0 Å². The highest BCUT2D eigenvalue weighted by molar-refractivity contribution is 7.91. The van der Waals surface area contributed by atoms with Crippen LogP contribution in [0, 0.1) is 5.82 Å². The van der Waals surface area contributed by atoms with Crippen molar-refractivity contribution in [1.82, 2.24) is 0 Å². The summed E-state index contributed by atoms with van der Waals surface area (Å²) >= 11 is 0. The lowest BCUT2D eigenvalue weighted by Crippen LogP contribution is -2.20. The maximum Gasteiger partial charge on any atom is 0.419 e. The zero-order valence-corrected chi connectivity index (χ0v) is 22.8. The van der Waals surface area contributed by atoms with Crippen molar-refractivity contribution in [2.45, 2.75) is 17.5 Å². The Hall–Kier alpha value is -4.49. The summed E-state index contributed by atoms with van der Waals surface area (Å²) in [7, 11) is -2.57. The van der Waals surface area contributed by atoms with Gasteiger partial charge in [-0.05, 0) is 65.7 Å². The summed E-state index contributed by atoms with van der Waals surface area (Å²) in [5.41, 5.74) is -2.24. The summed E-state index contributed by atoms with van der Waals surface area (Å²) in [4.78, 5) is 26.5. The van der Waals surface area contributed by atoms with Crippen molar-refractivity contribution in [3.63, 3.8) is 0 Å². The number of methoxy groups -OCH3 is 1. The molecule has 0 unspecified atom stereocenters. The standard InChI is InChI=1S/C29H24F4N2O6S/c1-41-26-10-8-20(42(39,40)12-4-11-36)16-22(26)28(38)35-25-14-18-6-3-2-5-17(18)13-21(25)27(37)34-19-7-9-24(30)23(15-19)29(31,32)33/h2-3,5-10,13-16,36H,4,11-12H2,1H3,(H,34,37)(H,35,38). The monoisotopic (exact) mass is 604 g/mol. The number of hydrogen-bond acceptors (Lipinski definition) is 6. The van der Waals surface area contributed by atoms with Gasteiger partial charge in [-0.2, -0.15) is 13.2 Å². The highest BCUT2D eigenvalue weighted by atomic mass is 32.2. The van der Waals surface area contributed by atoms with Gasteiger partial charge in [0.05, 0.1) is 40.1 Å². The number of halogens is 4. The molecule has 0 spiro atoms. The number of anilines is 2. The second-order valence-corrected chi connectivity index (χ2v) is 11.2. The summed E-state index contributed by atoms with van der Waals surface area (Å²) < 4.78 is 83.9. The summed E-state index contributed by atoms with van der Waals surface area (Å²) in [5.74, 6) is -3.56. The third-order valence-electron chi connectivity index (χ3n) is 6.25. The lowest BCUT2D eigenvalue weighted by Gasteiger charge is -2.16. The number of amides is 2. The normalized spacial score (nSPS) is 11.8. The number of sulfone groups is 1. The molecule has 8 nitrogen and oxygen atoms in total. The molecule has 2 amide bonds. The van der Waals surface area contributed by atoms with Gasteiger partial charge in [0.1, 0.15) is 11.6 Å². The Labute approximate surface area is 237 Å². The van der Waals surface area contributed by atoms with Crippen LogP contribution in [-0.2, 0) is 16.0 Å². The minimum absolute atomic E-state index is 0.00995. The molecule has 0 aliphatic carbocycles. The molecular formula is C29H24F4N2O6S. The fourth-order valence-electron chi connectivity index (χ4n) is 4.17. The third-order valence-corrected chi connectivity index (χ3v) is 8.05. The first-order valence-corrected chi connectivity index (χ1v) is 14.0. The molecule has 3 N–H and O–H groups in total. The molecule has 0 saturated heterocycles. The molecule has 0 radical (unpaired) electrons. The van der Waals surface area contributed by atoms with Crippen LogP contribution in [0.1, 0.15) is 32.7 Å². The van der Waals surface area contributed by atoms with Crippen LogP contribution < -0.4 is 15.4 Å². The predicted octanol–water partition coefficient (Wildman–Crippen LogP) is 5.67. The second kappa shape index (κ2) is 12.2. The Balaban J connectivity index is 1.73. The number of aliphatic hydroxyl groups is 1. The van der Waals surface area contributed by atoms with E-state index in [-0.39, 0.29) is 51.9 Å². The summed E-state index contributed by atoms with van der Waals surface area (Å²) in [6, 6.07) is 15.4. The average Bonchev–Trinajstić information content (AvgIpc) is 2.95. The van der Waals surface area contributed by atoms with Crippen molar-refractivity contribution < 1.29 is 45.4 Å². The number of alkyl halides is 3. The van der Waals surface area contributed by atoms with Crippen LogP contribution in [0.15, 0.2) is 77.7 Å². The molecule has 220 valence electrons. The van der Waals surface area contributed by atoms with Crippen molar-refractivity contribution in [1.29, 1.82) is 0 Å². The first-order chi connectivity index (χ1) is 19.8. The first-order valence-electron chi connectivity index (χ1n) is 12.4. The van der Waals surface area contributed by atoms with E-state index in [0.717, 1.165) is 12.1 Å². The smallest absolute Gasteiger partial charge is 0.419 e. The van der Waals surface area contributed by atoms with Crippen LogP contribution in [0.3, 0.4) is 0 Å². The fraction of sp³-hybridized carbons (Fsp3) is 0.172. The number of fused-ring (bicyclic) bond motifs is 1. The number of rotatable bonds is 9.